The van der Waals surface area contributed by atoms with Gasteiger partial charge in [0.1, 0.15) is 5.82 Å². The number of anilines is 1. The highest BCUT2D eigenvalue weighted by Crippen LogP contribution is 2.25. The van der Waals surface area contributed by atoms with Gasteiger partial charge in [-0.2, -0.15) is 0 Å². The van der Waals surface area contributed by atoms with E-state index in [0.29, 0.717) is 12.2 Å². The van der Waals surface area contributed by atoms with Gasteiger partial charge in [0.2, 0.25) is 0 Å². The molecule has 4 nitrogen and oxygen atoms in total. The zero-order valence-electron chi connectivity index (χ0n) is 10.7. The Kier molecular flexibility index (Phi) is 4.34. The minimum Gasteiger partial charge on any atom is -0.370 e. The highest BCUT2D eigenvalue weighted by molar-refractivity contribution is 9.10. The Morgan fingerprint density at radius 1 is 1.30 bits per heavy atom. The van der Waals surface area contributed by atoms with Crippen LogP contribution >= 0.6 is 15.9 Å². The van der Waals surface area contributed by atoms with E-state index in [1.54, 1.807) is 11.9 Å². The fourth-order valence-electron chi connectivity index (χ4n) is 1.86. The van der Waals surface area contributed by atoms with Crippen LogP contribution in [-0.4, -0.2) is 12.0 Å². The third-order valence-electron chi connectivity index (χ3n) is 2.88. The van der Waals surface area contributed by atoms with E-state index >= 15 is 0 Å². The van der Waals surface area contributed by atoms with E-state index in [1.807, 2.05) is 24.3 Å². The van der Waals surface area contributed by atoms with E-state index in [0.717, 1.165) is 16.1 Å². The lowest BCUT2D eigenvalue weighted by Gasteiger charge is -2.20. The van der Waals surface area contributed by atoms with Gasteiger partial charge in [0, 0.05) is 29.8 Å². The molecule has 0 aromatic heterocycles. The highest BCUT2D eigenvalue weighted by atomic mass is 79.9. The molecule has 104 valence electrons. The summed E-state index contributed by atoms with van der Waals surface area (Å²) in [7, 11) is 1.76. The van der Waals surface area contributed by atoms with Crippen molar-refractivity contribution in [1.29, 1.82) is 0 Å². The molecule has 0 saturated heterocycles. The Morgan fingerprint density at radius 3 is 2.65 bits per heavy atom. The van der Waals surface area contributed by atoms with E-state index in [4.69, 9.17) is 0 Å². The first-order valence-corrected chi connectivity index (χ1v) is 6.66. The Morgan fingerprint density at radius 2 is 2.00 bits per heavy atom. The molecule has 0 amide bonds. The van der Waals surface area contributed by atoms with E-state index < -0.39 is 10.7 Å². The molecule has 2 rings (SSSR count). The Hall–Kier alpha value is -1.95. The molecule has 20 heavy (non-hydrogen) atoms. The van der Waals surface area contributed by atoms with Gasteiger partial charge in [0.15, 0.2) is 0 Å². The first kappa shape index (κ1) is 14.5. The van der Waals surface area contributed by atoms with Crippen molar-refractivity contribution in [3.05, 3.63) is 68.4 Å². The van der Waals surface area contributed by atoms with Crippen molar-refractivity contribution in [2.75, 3.05) is 11.9 Å². The first-order valence-electron chi connectivity index (χ1n) is 5.87. The number of nitro benzene ring substituents is 1. The maximum atomic E-state index is 13.4. The Labute approximate surface area is 124 Å². The molecule has 2 aromatic carbocycles. The van der Waals surface area contributed by atoms with Crippen LogP contribution in [0.15, 0.2) is 46.9 Å². The first-order chi connectivity index (χ1) is 9.47. The molecule has 0 bridgehead atoms. The average molecular weight is 339 g/mol. The van der Waals surface area contributed by atoms with Crippen molar-refractivity contribution in [3.8, 4) is 0 Å². The zero-order valence-corrected chi connectivity index (χ0v) is 12.3. The van der Waals surface area contributed by atoms with Gasteiger partial charge in [-0.05, 0) is 17.7 Å². The quantitative estimate of drug-likeness (QED) is 0.621. The molecule has 2 aromatic rings. The summed E-state index contributed by atoms with van der Waals surface area (Å²) in [5.74, 6) is -0.617. The third kappa shape index (κ3) is 3.33. The van der Waals surface area contributed by atoms with E-state index in [2.05, 4.69) is 15.9 Å². The molecule has 0 radical (unpaired) electrons. The van der Waals surface area contributed by atoms with Crippen molar-refractivity contribution >= 4 is 27.3 Å². The fraction of sp³-hybridized carbons (Fsp3) is 0.143. The van der Waals surface area contributed by atoms with Crippen LogP contribution in [0.3, 0.4) is 0 Å². The van der Waals surface area contributed by atoms with Crippen molar-refractivity contribution in [2.24, 2.45) is 0 Å². The Balaban J connectivity index is 2.27. The summed E-state index contributed by atoms with van der Waals surface area (Å²) in [4.78, 5) is 11.9. The van der Waals surface area contributed by atoms with Crippen LogP contribution in [-0.2, 0) is 6.54 Å². The fourth-order valence-corrected chi connectivity index (χ4v) is 2.27. The number of non-ortho nitro benzene ring substituents is 1. The molecular formula is C14H12BrFN2O2. The lowest BCUT2D eigenvalue weighted by molar-refractivity contribution is -0.385. The van der Waals surface area contributed by atoms with Crippen LogP contribution in [0.1, 0.15) is 5.56 Å². The molecule has 0 aliphatic rings. The smallest absolute Gasteiger partial charge is 0.274 e. The Bertz CT molecular complexity index is 649. The summed E-state index contributed by atoms with van der Waals surface area (Å²) in [6.45, 7) is 0.516. The van der Waals surface area contributed by atoms with Gasteiger partial charge in [0.05, 0.1) is 11.0 Å². The molecule has 6 heteroatoms. The molecule has 0 fully saturated rings. The van der Waals surface area contributed by atoms with Crippen LogP contribution in [0, 0.1) is 15.9 Å². The number of nitrogens with zero attached hydrogens (tertiary/aromatic N) is 2. The van der Waals surface area contributed by atoms with Crippen molar-refractivity contribution < 1.29 is 9.31 Å². The monoisotopic (exact) mass is 338 g/mol. The molecule has 0 aliphatic carbocycles. The summed E-state index contributed by atoms with van der Waals surface area (Å²) >= 11 is 3.44. The van der Waals surface area contributed by atoms with Crippen LogP contribution in [0.5, 0.6) is 0 Å². The second-order valence-corrected chi connectivity index (χ2v) is 5.23. The molecule has 0 aliphatic heterocycles. The second-order valence-electron chi connectivity index (χ2n) is 4.37. The van der Waals surface area contributed by atoms with Crippen molar-refractivity contribution in [1.82, 2.24) is 0 Å². The van der Waals surface area contributed by atoms with Gasteiger partial charge in [-0.25, -0.2) is 4.39 Å². The molecule has 0 unspecified atom stereocenters. The van der Waals surface area contributed by atoms with E-state index in [9.17, 15) is 14.5 Å². The lowest BCUT2D eigenvalue weighted by Crippen LogP contribution is -2.17. The van der Waals surface area contributed by atoms with Crippen molar-refractivity contribution in [3.63, 3.8) is 0 Å². The van der Waals surface area contributed by atoms with Gasteiger partial charge in [-0.3, -0.25) is 10.1 Å². The minimum absolute atomic E-state index is 0.251. The summed E-state index contributed by atoms with van der Waals surface area (Å²) in [5, 5.41) is 10.8. The molecular weight excluding hydrogens is 327 g/mol. The molecule has 0 saturated carbocycles. The predicted molar refractivity (Wildman–Crippen MR) is 79.3 cm³/mol. The maximum Gasteiger partial charge on any atom is 0.274 e. The second kappa shape index (κ2) is 6.00. The number of rotatable bonds is 4. The standard InChI is InChI=1S/C14H12BrFN2O2/c1-17(9-10-4-2-3-5-14(10)15)12-6-11(16)7-13(8-12)18(19)20/h2-8H,9H2,1H3. The van der Waals surface area contributed by atoms with Crippen LogP contribution in [0.2, 0.25) is 0 Å². The van der Waals surface area contributed by atoms with Crippen molar-refractivity contribution in [2.45, 2.75) is 6.54 Å². The predicted octanol–water partition coefficient (Wildman–Crippen LogP) is 4.13. The summed E-state index contributed by atoms with van der Waals surface area (Å²) in [5.41, 5.74) is 1.23. The van der Waals surface area contributed by atoms with Gasteiger partial charge >= 0.3 is 0 Å². The number of hydrogen-bond donors (Lipinski definition) is 0. The highest BCUT2D eigenvalue weighted by Gasteiger charge is 2.13. The third-order valence-corrected chi connectivity index (χ3v) is 3.66. The molecule has 0 heterocycles. The number of benzene rings is 2. The van der Waals surface area contributed by atoms with Crippen LogP contribution in [0.4, 0.5) is 15.8 Å². The van der Waals surface area contributed by atoms with Crippen LogP contribution < -0.4 is 4.90 Å². The summed E-state index contributed by atoms with van der Waals surface area (Å²) in [6, 6.07) is 11.2. The van der Waals surface area contributed by atoms with E-state index in [1.165, 1.54) is 12.1 Å². The molecule has 0 spiro atoms. The van der Waals surface area contributed by atoms with Gasteiger partial charge in [-0.1, -0.05) is 34.1 Å². The normalized spacial score (nSPS) is 10.3. The van der Waals surface area contributed by atoms with Gasteiger partial charge in [-0.15, -0.1) is 0 Å². The van der Waals surface area contributed by atoms with Gasteiger partial charge in [0.25, 0.3) is 5.69 Å². The van der Waals surface area contributed by atoms with E-state index in [-0.39, 0.29) is 5.69 Å². The molecule has 0 atom stereocenters. The largest absolute Gasteiger partial charge is 0.370 e. The zero-order chi connectivity index (χ0) is 14.7. The average Bonchev–Trinajstić information content (AvgIpc) is 2.40. The van der Waals surface area contributed by atoms with Crippen LogP contribution in [0.25, 0.3) is 0 Å². The van der Waals surface area contributed by atoms with Gasteiger partial charge < -0.3 is 4.90 Å². The minimum atomic E-state index is -0.617. The number of nitro groups is 1. The topological polar surface area (TPSA) is 46.4 Å². The molecule has 0 N–H and O–H groups in total. The SMILES string of the molecule is CN(Cc1ccccc1Br)c1cc(F)cc([N+](=O)[O-])c1. The summed E-state index contributed by atoms with van der Waals surface area (Å²) < 4.78 is 14.4. The summed E-state index contributed by atoms with van der Waals surface area (Å²) in [6.07, 6.45) is 0. The number of hydrogen-bond acceptors (Lipinski definition) is 3. The number of halogens is 2. The maximum absolute atomic E-state index is 13.4. The lowest BCUT2D eigenvalue weighted by atomic mass is 10.2.